The van der Waals surface area contributed by atoms with Crippen molar-refractivity contribution in [3.05, 3.63) is 0 Å². The van der Waals surface area contributed by atoms with Gasteiger partial charge in [-0.2, -0.15) is 0 Å². The number of aliphatic hydroxyl groups excluding tert-OH is 1. The maximum Gasteiger partial charge on any atom is 0.240 e. The van der Waals surface area contributed by atoms with Crippen LogP contribution in [-0.2, 0) is 9.53 Å². The van der Waals surface area contributed by atoms with E-state index in [9.17, 15) is 4.79 Å². The third-order valence-corrected chi connectivity index (χ3v) is 3.79. The summed E-state index contributed by atoms with van der Waals surface area (Å²) in [5.41, 5.74) is 0. The number of ether oxygens (including phenoxy) is 1. The van der Waals surface area contributed by atoms with E-state index in [-0.39, 0.29) is 36.7 Å². The van der Waals surface area contributed by atoms with Crippen molar-refractivity contribution in [1.29, 1.82) is 0 Å². The summed E-state index contributed by atoms with van der Waals surface area (Å²) in [6, 6.07) is -0.129. The molecule has 1 rings (SSSR count). The van der Waals surface area contributed by atoms with Gasteiger partial charge in [0, 0.05) is 26.2 Å². The number of morpholine rings is 1. The molecule has 5 heteroatoms. The second-order valence-electron chi connectivity index (χ2n) is 6.04. The molecule has 0 aliphatic carbocycles. The average molecular weight is 286 g/mol. The first-order valence-corrected chi connectivity index (χ1v) is 7.69. The van der Waals surface area contributed by atoms with Gasteiger partial charge in [-0.1, -0.05) is 13.8 Å². The van der Waals surface area contributed by atoms with Crippen molar-refractivity contribution in [2.24, 2.45) is 5.92 Å². The van der Waals surface area contributed by atoms with Gasteiger partial charge in [-0.05, 0) is 26.7 Å². The Morgan fingerprint density at radius 3 is 2.30 bits per heavy atom. The van der Waals surface area contributed by atoms with E-state index < -0.39 is 0 Å². The van der Waals surface area contributed by atoms with E-state index in [0.29, 0.717) is 13.1 Å². The molecule has 0 bridgehead atoms. The summed E-state index contributed by atoms with van der Waals surface area (Å²) in [6.45, 7) is 12.9. The number of hydrogen-bond donors (Lipinski definition) is 1. The molecule has 1 aliphatic rings. The van der Waals surface area contributed by atoms with Crippen LogP contribution in [0, 0.1) is 5.92 Å². The minimum atomic E-state index is -0.129. The largest absolute Gasteiger partial charge is 0.395 e. The number of amides is 1. The molecule has 1 aliphatic heterocycles. The number of hydrogen-bond acceptors (Lipinski definition) is 4. The fraction of sp³-hybridized carbons (Fsp3) is 0.933. The quantitative estimate of drug-likeness (QED) is 0.790. The molecule has 5 nitrogen and oxygen atoms in total. The predicted octanol–water partition coefficient (Wildman–Crippen LogP) is 0.961. The van der Waals surface area contributed by atoms with E-state index >= 15 is 0 Å². The maximum atomic E-state index is 12.8. The normalized spacial score (nSPS) is 25.8. The van der Waals surface area contributed by atoms with Gasteiger partial charge in [-0.3, -0.25) is 9.69 Å². The van der Waals surface area contributed by atoms with E-state index in [1.807, 2.05) is 6.92 Å². The summed E-state index contributed by atoms with van der Waals surface area (Å²) in [7, 11) is 0. The molecule has 3 atom stereocenters. The third kappa shape index (κ3) is 4.43. The molecule has 1 N–H and O–H groups in total. The standard InChI is InChI=1S/C15H30N2O3/c1-6-16(7-8-18)15(19)14(11(2)3)17-9-12(4)20-13(5)10-17/h11-14,18H,6-10H2,1-5H3. The van der Waals surface area contributed by atoms with Crippen molar-refractivity contribution in [2.45, 2.75) is 52.9 Å². The summed E-state index contributed by atoms with van der Waals surface area (Å²) in [6.07, 6.45) is 0.307. The minimum absolute atomic E-state index is 0.0142. The Morgan fingerprint density at radius 2 is 1.90 bits per heavy atom. The van der Waals surface area contributed by atoms with Crippen LogP contribution >= 0.6 is 0 Å². The van der Waals surface area contributed by atoms with Gasteiger partial charge in [0.15, 0.2) is 0 Å². The zero-order chi connectivity index (χ0) is 15.3. The molecular weight excluding hydrogens is 256 g/mol. The van der Waals surface area contributed by atoms with Crippen LogP contribution in [0.15, 0.2) is 0 Å². The number of rotatable bonds is 6. The molecule has 118 valence electrons. The zero-order valence-corrected chi connectivity index (χ0v) is 13.5. The lowest BCUT2D eigenvalue weighted by atomic mass is 9.99. The average Bonchev–Trinajstić information content (AvgIpc) is 2.34. The minimum Gasteiger partial charge on any atom is -0.395 e. The number of likely N-dealkylation sites (N-methyl/N-ethyl adjacent to an activating group) is 1. The van der Waals surface area contributed by atoms with Crippen LogP contribution in [0.3, 0.4) is 0 Å². The van der Waals surface area contributed by atoms with Gasteiger partial charge in [0.1, 0.15) is 0 Å². The topological polar surface area (TPSA) is 53.0 Å². The molecule has 0 aromatic carbocycles. The Labute approximate surface area is 122 Å². The highest BCUT2D eigenvalue weighted by Gasteiger charge is 2.35. The van der Waals surface area contributed by atoms with E-state index in [1.54, 1.807) is 4.90 Å². The predicted molar refractivity (Wildman–Crippen MR) is 79.5 cm³/mol. The van der Waals surface area contributed by atoms with E-state index in [0.717, 1.165) is 13.1 Å². The van der Waals surface area contributed by atoms with Crippen LogP contribution in [0.4, 0.5) is 0 Å². The first kappa shape index (κ1) is 17.4. The molecule has 1 amide bonds. The molecule has 0 radical (unpaired) electrons. The first-order chi connectivity index (χ1) is 9.40. The molecule has 0 aromatic heterocycles. The van der Waals surface area contributed by atoms with E-state index in [1.165, 1.54) is 0 Å². The highest BCUT2D eigenvalue weighted by atomic mass is 16.5. The van der Waals surface area contributed by atoms with Crippen molar-refractivity contribution < 1.29 is 14.6 Å². The van der Waals surface area contributed by atoms with Gasteiger partial charge in [-0.25, -0.2) is 0 Å². The fourth-order valence-electron chi connectivity index (χ4n) is 3.04. The van der Waals surface area contributed by atoms with Crippen LogP contribution in [-0.4, -0.2) is 71.8 Å². The first-order valence-electron chi connectivity index (χ1n) is 7.69. The molecule has 1 fully saturated rings. The summed E-state index contributed by atoms with van der Waals surface area (Å²) < 4.78 is 5.75. The van der Waals surface area contributed by atoms with Gasteiger partial charge in [0.2, 0.25) is 5.91 Å². The maximum absolute atomic E-state index is 12.8. The lowest BCUT2D eigenvalue weighted by Gasteiger charge is -2.42. The van der Waals surface area contributed by atoms with Crippen molar-refractivity contribution in [1.82, 2.24) is 9.80 Å². The zero-order valence-electron chi connectivity index (χ0n) is 13.5. The fourth-order valence-corrected chi connectivity index (χ4v) is 3.04. The van der Waals surface area contributed by atoms with Gasteiger partial charge < -0.3 is 14.7 Å². The highest BCUT2D eigenvalue weighted by Crippen LogP contribution is 2.20. The number of carbonyl (C=O) groups is 1. The van der Waals surface area contributed by atoms with Gasteiger partial charge in [0.05, 0.1) is 24.9 Å². The van der Waals surface area contributed by atoms with Crippen LogP contribution in [0.5, 0.6) is 0 Å². The van der Waals surface area contributed by atoms with Crippen LogP contribution < -0.4 is 0 Å². The Morgan fingerprint density at radius 1 is 1.35 bits per heavy atom. The molecule has 1 heterocycles. The summed E-state index contributed by atoms with van der Waals surface area (Å²) >= 11 is 0. The van der Waals surface area contributed by atoms with E-state index in [4.69, 9.17) is 9.84 Å². The van der Waals surface area contributed by atoms with Gasteiger partial charge in [0.25, 0.3) is 0 Å². The lowest BCUT2D eigenvalue weighted by Crippen LogP contribution is -2.57. The van der Waals surface area contributed by atoms with Crippen molar-refractivity contribution in [3.8, 4) is 0 Å². The van der Waals surface area contributed by atoms with Gasteiger partial charge >= 0.3 is 0 Å². The van der Waals surface area contributed by atoms with Crippen LogP contribution in [0.1, 0.15) is 34.6 Å². The Balaban J connectivity index is 2.84. The van der Waals surface area contributed by atoms with Crippen molar-refractivity contribution in [2.75, 3.05) is 32.8 Å². The smallest absolute Gasteiger partial charge is 0.240 e. The summed E-state index contributed by atoms with van der Waals surface area (Å²) in [5, 5.41) is 9.10. The Hall–Kier alpha value is -0.650. The molecule has 1 saturated heterocycles. The summed E-state index contributed by atoms with van der Waals surface area (Å²) in [5.74, 6) is 0.366. The second kappa shape index (κ2) is 7.96. The molecule has 20 heavy (non-hydrogen) atoms. The number of carbonyl (C=O) groups excluding carboxylic acids is 1. The van der Waals surface area contributed by atoms with Crippen LogP contribution in [0.2, 0.25) is 0 Å². The SMILES string of the molecule is CCN(CCO)C(=O)C(C(C)C)N1CC(C)OC(C)C1. The Bertz CT molecular complexity index is 299. The molecular formula is C15H30N2O3. The lowest BCUT2D eigenvalue weighted by molar-refractivity contribution is -0.145. The third-order valence-electron chi connectivity index (χ3n) is 3.79. The molecule has 0 aromatic rings. The van der Waals surface area contributed by atoms with Crippen molar-refractivity contribution >= 4 is 5.91 Å². The highest BCUT2D eigenvalue weighted by molar-refractivity contribution is 5.82. The van der Waals surface area contributed by atoms with E-state index in [2.05, 4.69) is 32.6 Å². The number of aliphatic hydroxyl groups is 1. The second-order valence-corrected chi connectivity index (χ2v) is 6.04. The molecule has 0 saturated carbocycles. The van der Waals surface area contributed by atoms with Crippen LogP contribution in [0.25, 0.3) is 0 Å². The number of nitrogens with zero attached hydrogens (tertiary/aromatic N) is 2. The van der Waals surface area contributed by atoms with Crippen molar-refractivity contribution in [3.63, 3.8) is 0 Å². The molecule has 3 unspecified atom stereocenters. The Kier molecular flexibility index (Phi) is 6.92. The monoisotopic (exact) mass is 286 g/mol. The summed E-state index contributed by atoms with van der Waals surface area (Å²) in [4.78, 5) is 16.7. The molecule has 0 spiro atoms. The van der Waals surface area contributed by atoms with Gasteiger partial charge in [-0.15, -0.1) is 0 Å².